The molecule has 0 bridgehead atoms. The number of hydrogen-bond donors (Lipinski definition) is 3. The Labute approximate surface area is 390 Å². The molecular formula is C53H106NO8P. The third-order valence-electron chi connectivity index (χ3n) is 12.8. The van der Waals surface area contributed by atoms with E-state index in [9.17, 15) is 24.2 Å². The SMILES string of the molecule is CCCCCCCCCCCCCCCCCCCCCCCC(=O)N(CCOP(=O)(O)OC[C@H](O)CO)C(=O)CCCCCCCCCCCCCCCCCCCCCCC. The zero-order valence-corrected chi connectivity index (χ0v) is 42.7. The van der Waals surface area contributed by atoms with Crippen LogP contribution in [-0.4, -0.2) is 64.3 Å². The van der Waals surface area contributed by atoms with Gasteiger partial charge < -0.3 is 15.1 Å². The Morgan fingerprint density at radius 2 is 0.667 bits per heavy atom. The molecule has 10 heteroatoms. The van der Waals surface area contributed by atoms with Crippen LogP contribution in [0.5, 0.6) is 0 Å². The first-order chi connectivity index (χ1) is 30.8. The van der Waals surface area contributed by atoms with Crippen LogP contribution in [0.2, 0.25) is 0 Å². The summed E-state index contributed by atoms with van der Waals surface area (Å²) in [7, 11) is -4.52. The summed E-state index contributed by atoms with van der Waals surface area (Å²) in [5, 5.41) is 18.4. The predicted octanol–water partition coefficient (Wildman–Crippen LogP) is 16.0. The van der Waals surface area contributed by atoms with Crippen LogP contribution in [0, 0.1) is 0 Å². The maximum Gasteiger partial charge on any atom is 0.472 e. The first-order valence-electron chi connectivity index (χ1n) is 27.5. The van der Waals surface area contributed by atoms with E-state index in [1.807, 2.05) is 0 Å². The molecule has 9 nitrogen and oxygen atoms in total. The van der Waals surface area contributed by atoms with Gasteiger partial charge in [-0.2, -0.15) is 0 Å². The third-order valence-corrected chi connectivity index (χ3v) is 13.8. The molecule has 0 radical (unpaired) electrons. The molecule has 0 aliphatic rings. The van der Waals surface area contributed by atoms with Gasteiger partial charge in [-0.25, -0.2) is 4.57 Å². The molecule has 0 aliphatic carbocycles. The number of carbonyl (C=O) groups is 2. The van der Waals surface area contributed by atoms with Crippen molar-refractivity contribution in [2.45, 2.75) is 302 Å². The molecule has 0 aromatic rings. The quantitative estimate of drug-likeness (QED) is 0.0406. The molecular weight excluding hydrogens is 810 g/mol. The smallest absolute Gasteiger partial charge is 0.394 e. The zero-order chi connectivity index (χ0) is 46.2. The van der Waals surface area contributed by atoms with Crippen LogP contribution in [0.1, 0.15) is 296 Å². The molecule has 376 valence electrons. The number of phosphoric acid groups is 1. The molecule has 3 N–H and O–H groups in total. The average Bonchev–Trinajstić information content (AvgIpc) is 3.27. The van der Waals surface area contributed by atoms with E-state index in [4.69, 9.17) is 14.2 Å². The molecule has 63 heavy (non-hydrogen) atoms. The van der Waals surface area contributed by atoms with Gasteiger partial charge in [0.05, 0.1) is 26.4 Å². The van der Waals surface area contributed by atoms with Crippen molar-refractivity contribution in [1.29, 1.82) is 0 Å². The van der Waals surface area contributed by atoms with Crippen LogP contribution in [0.3, 0.4) is 0 Å². The molecule has 0 aromatic carbocycles. The van der Waals surface area contributed by atoms with E-state index in [1.165, 1.54) is 236 Å². The Hall–Kier alpha value is -0.830. The summed E-state index contributed by atoms with van der Waals surface area (Å²) in [5.74, 6) is -0.538. The number of unbranched alkanes of at least 4 members (excludes halogenated alkanes) is 40. The van der Waals surface area contributed by atoms with Gasteiger partial charge in [0.15, 0.2) is 0 Å². The Morgan fingerprint density at radius 1 is 0.429 bits per heavy atom. The number of nitrogens with zero attached hydrogens (tertiary/aromatic N) is 1. The fourth-order valence-electron chi connectivity index (χ4n) is 8.59. The van der Waals surface area contributed by atoms with Gasteiger partial charge in [0.2, 0.25) is 11.8 Å². The highest BCUT2D eigenvalue weighted by Gasteiger charge is 2.26. The van der Waals surface area contributed by atoms with Gasteiger partial charge in [0.1, 0.15) is 6.10 Å². The Bertz CT molecular complexity index is 958. The normalized spacial score (nSPS) is 13.1. The van der Waals surface area contributed by atoms with Crippen molar-refractivity contribution < 1.29 is 38.3 Å². The van der Waals surface area contributed by atoms with Crippen molar-refractivity contribution in [2.75, 3.05) is 26.4 Å². The van der Waals surface area contributed by atoms with Crippen LogP contribution in [0.4, 0.5) is 0 Å². The van der Waals surface area contributed by atoms with Crippen molar-refractivity contribution in [3.05, 3.63) is 0 Å². The lowest BCUT2D eigenvalue weighted by atomic mass is 10.0. The van der Waals surface area contributed by atoms with Crippen LogP contribution in [0.15, 0.2) is 0 Å². The number of rotatable bonds is 52. The minimum Gasteiger partial charge on any atom is -0.394 e. The second-order valence-corrected chi connectivity index (χ2v) is 20.5. The number of hydrogen-bond acceptors (Lipinski definition) is 7. The summed E-state index contributed by atoms with van der Waals surface area (Å²) in [6.07, 6.45) is 53.7. The van der Waals surface area contributed by atoms with E-state index in [0.29, 0.717) is 12.8 Å². The van der Waals surface area contributed by atoms with Crippen molar-refractivity contribution in [3.8, 4) is 0 Å². The van der Waals surface area contributed by atoms with E-state index < -0.39 is 27.1 Å². The molecule has 2 amide bonds. The number of carbonyl (C=O) groups excluding carboxylic acids is 2. The molecule has 0 saturated carbocycles. The summed E-state index contributed by atoms with van der Waals surface area (Å²) in [6.45, 7) is 2.90. The molecule has 0 rings (SSSR count). The number of phosphoric ester groups is 1. The second kappa shape index (κ2) is 49.1. The summed E-state index contributed by atoms with van der Waals surface area (Å²) in [5.41, 5.74) is 0. The van der Waals surface area contributed by atoms with Crippen molar-refractivity contribution in [2.24, 2.45) is 0 Å². The highest BCUT2D eigenvalue weighted by molar-refractivity contribution is 7.47. The molecule has 0 spiro atoms. The molecule has 0 heterocycles. The van der Waals surface area contributed by atoms with Gasteiger partial charge in [-0.1, -0.05) is 271 Å². The van der Waals surface area contributed by atoms with Gasteiger partial charge in [-0.3, -0.25) is 23.5 Å². The second-order valence-electron chi connectivity index (χ2n) is 19.0. The molecule has 0 aromatic heterocycles. The van der Waals surface area contributed by atoms with E-state index in [0.717, 1.165) is 25.7 Å². The highest BCUT2D eigenvalue weighted by Crippen LogP contribution is 2.43. The topological polar surface area (TPSA) is 134 Å². The summed E-state index contributed by atoms with van der Waals surface area (Å²) >= 11 is 0. The van der Waals surface area contributed by atoms with Gasteiger partial charge >= 0.3 is 7.82 Å². The minimum atomic E-state index is -4.52. The van der Waals surface area contributed by atoms with E-state index in [1.54, 1.807) is 0 Å². The average molecular weight is 916 g/mol. The summed E-state index contributed by atoms with van der Waals surface area (Å²) in [4.78, 5) is 37.6. The third kappa shape index (κ3) is 46.1. The largest absolute Gasteiger partial charge is 0.472 e. The molecule has 2 atom stereocenters. The number of amides is 2. The minimum absolute atomic E-state index is 0.132. The Morgan fingerprint density at radius 3 is 0.905 bits per heavy atom. The molecule has 0 fully saturated rings. The van der Waals surface area contributed by atoms with Crippen molar-refractivity contribution >= 4 is 19.6 Å². The van der Waals surface area contributed by atoms with Gasteiger partial charge in [0.25, 0.3) is 0 Å². The monoisotopic (exact) mass is 916 g/mol. The summed E-state index contributed by atoms with van der Waals surface area (Å²) in [6, 6.07) is 0. The van der Waals surface area contributed by atoms with Crippen molar-refractivity contribution in [3.63, 3.8) is 0 Å². The van der Waals surface area contributed by atoms with E-state index in [2.05, 4.69) is 13.8 Å². The lowest BCUT2D eigenvalue weighted by Crippen LogP contribution is -2.39. The molecule has 0 aliphatic heterocycles. The van der Waals surface area contributed by atoms with Crippen LogP contribution < -0.4 is 0 Å². The van der Waals surface area contributed by atoms with Crippen LogP contribution >= 0.6 is 7.82 Å². The van der Waals surface area contributed by atoms with Crippen molar-refractivity contribution in [1.82, 2.24) is 4.90 Å². The first-order valence-corrected chi connectivity index (χ1v) is 29.0. The lowest BCUT2D eigenvalue weighted by molar-refractivity contribution is -0.145. The standard InChI is InChI=1S/C53H106NO8P/c1-3-5-7-9-11-13-15-17-19-21-23-25-27-29-31-33-35-37-39-41-43-45-52(57)54(47-48-61-63(59,60)62-50-51(56)49-55)53(58)46-44-42-40-38-36-34-32-30-28-26-24-22-20-18-16-14-12-10-8-6-4-2/h51,55-56H,3-50H2,1-2H3,(H,59,60)/t51-/m1/s1. The maximum absolute atomic E-state index is 13.2. The number of imide groups is 1. The lowest BCUT2D eigenvalue weighted by Gasteiger charge is -2.22. The fraction of sp³-hybridized carbons (Fsp3) is 0.962. The zero-order valence-electron chi connectivity index (χ0n) is 41.8. The Balaban J connectivity index is 4.15. The van der Waals surface area contributed by atoms with E-state index >= 15 is 0 Å². The van der Waals surface area contributed by atoms with Crippen LogP contribution in [-0.2, 0) is 23.2 Å². The Kier molecular flexibility index (Phi) is 48.4. The first kappa shape index (κ1) is 62.2. The predicted molar refractivity (Wildman–Crippen MR) is 266 cm³/mol. The van der Waals surface area contributed by atoms with Gasteiger partial charge in [-0.15, -0.1) is 0 Å². The molecule has 1 unspecified atom stereocenters. The maximum atomic E-state index is 13.2. The molecule has 0 saturated heterocycles. The van der Waals surface area contributed by atoms with Gasteiger partial charge in [0, 0.05) is 12.8 Å². The highest BCUT2D eigenvalue weighted by atomic mass is 31.2. The fourth-order valence-corrected chi connectivity index (χ4v) is 9.34. The van der Waals surface area contributed by atoms with E-state index in [-0.39, 0.29) is 37.8 Å². The number of aliphatic hydroxyl groups excluding tert-OH is 2. The van der Waals surface area contributed by atoms with Gasteiger partial charge in [-0.05, 0) is 12.8 Å². The van der Waals surface area contributed by atoms with Crippen LogP contribution in [0.25, 0.3) is 0 Å². The summed E-state index contributed by atoms with van der Waals surface area (Å²) < 4.78 is 22.0. The number of aliphatic hydroxyl groups is 2.